The van der Waals surface area contributed by atoms with E-state index in [0.29, 0.717) is 5.96 Å². The summed E-state index contributed by atoms with van der Waals surface area (Å²) in [6, 6.07) is 0. The topological polar surface area (TPSA) is 41.6 Å². The molecule has 0 aromatic rings. The predicted molar refractivity (Wildman–Crippen MR) is 33.7 cm³/mol. The van der Waals surface area contributed by atoms with E-state index in [1.54, 1.807) is 0 Å². The fraction of sp³-hybridized carbons (Fsp3) is 0.800. The van der Waals surface area contributed by atoms with Crippen LogP contribution in [-0.4, -0.2) is 30.5 Å². The first-order valence-electron chi connectivity index (χ1n) is 2.89. The summed E-state index contributed by atoms with van der Waals surface area (Å²) in [4.78, 5) is 6.06. The molecule has 0 aromatic carbocycles. The van der Waals surface area contributed by atoms with Crippen molar-refractivity contribution in [2.45, 2.75) is 6.92 Å². The summed E-state index contributed by atoms with van der Waals surface area (Å²) in [5, 5.41) is 0. The van der Waals surface area contributed by atoms with E-state index in [9.17, 15) is 0 Å². The summed E-state index contributed by atoms with van der Waals surface area (Å²) >= 11 is 0. The minimum Gasteiger partial charge on any atom is -0.370 e. The molecule has 8 heavy (non-hydrogen) atoms. The highest BCUT2D eigenvalue weighted by Crippen LogP contribution is 1.94. The second-order valence-electron chi connectivity index (χ2n) is 1.82. The van der Waals surface area contributed by atoms with Crippen molar-refractivity contribution in [3.8, 4) is 0 Å². The second-order valence-corrected chi connectivity index (χ2v) is 1.82. The average Bonchev–Trinajstić information content (AvgIpc) is 2.14. The van der Waals surface area contributed by atoms with E-state index in [0.717, 1.165) is 19.6 Å². The van der Waals surface area contributed by atoms with Gasteiger partial charge in [0.25, 0.3) is 0 Å². The van der Waals surface area contributed by atoms with Gasteiger partial charge < -0.3 is 10.6 Å². The van der Waals surface area contributed by atoms with Gasteiger partial charge in [-0.05, 0) is 6.92 Å². The molecule has 1 aliphatic heterocycles. The summed E-state index contributed by atoms with van der Waals surface area (Å²) in [6.07, 6.45) is 0. The Kier molecular flexibility index (Phi) is 1.37. The van der Waals surface area contributed by atoms with Crippen LogP contribution in [0.1, 0.15) is 6.92 Å². The molecule has 3 nitrogen and oxygen atoms in total. The van der Waals surface area contributed by atoms with Crippen LogP contribution >= 0.6 is 0 Å². The molecule has 0 aliphatic carbocycles. The normalized spacial score (nSPS) is 19.1. The van der Waals surface area contributed by atoms with E-state index >= 15 is 0 Å². The SMILES string of the molecule is CCN1CCN=C1N. The second kappa shape index (κ2) is 2.03. The molecule has 2 N–H and O–H groups in total. The first-order valence-corrected chi connectivity index (χ1v) is 2.89. The summed E-state index contributed by atoms with van der Waals surface area (Å²) < 4.78 is 0. The lowest BCUT2D eigenvalue weighted by Gasteiger charge is -2.12. The molecule has 1 rings (SSSR count). The Morgan fingerprint density at radius 1 is 1.88 bits per heavy atom. The Bertz CT molecular complexity index is 108. The van der Waals surface area contributed by atoms with Crippen LogP contribution in [0.2, 0.25) is 0 Å². The van der Waals surface area contributed by atoms with Gasteiger partial charge in [0.1, 0.15) is 0 Å². The van der Waals surface area contributed by atoms with Crippen molar-refractivity contribution in [2.24, 2.45) is 10.7 Å². The standard InChI is InChI=1S/C5H11N3/c1-2-8-4-3-7-5(8)6/h2-4H2,1H3,(H2,6,7). The summed E-state index contributed by atoms with van der Waals surface area (Å²) in [5.74, 6) is 0.701. The third-order valence-corrected chi connectivity index (χ3v) is 1.35. The van der Waals surface area contributed by atoms with Crippen LogP contribution in [0.15, 0.2) is 4.99 Å². The third-order valence-electron chi connectivity index (χ3n) is 1.35. The fourth-order valence-electron chi connectivity index (χ4n) is 0.820. The highest BCUT2D eigenvalue weighted by molar-refractivity contribution is 5.79. The van der Waals surface area contributed by atoms with Gasteiger partial charge in [0.05, 0.1) is 6.54 Å². The van der Waals surface area contributed by atoms with Crippen molar-refractivity contribution < 1.29 is 0 Å². The van der Waals surface area contributed by atoms with Gasteiger partial charge in [-0.15, -0.1) is 0 Å². The van der Waals surface area contributed by atoms with Crippen LogP contribution in [0.4, 0.5) is 0 Å². The molecule has 1 aliphatic rings. The van der Waals surface area contributed by atoms with Gasteiger partial charge in [0, 0.05) is 13.1 Å². The van der Waals surface area contributed by atoms with Crippen molar-refractivity contribution in [3.05, 3.63) is 0 Å². The maximum Gasteiger partial charge on any atom is 0.191 e. The van der Waals surface area contributed by atoms with Crippen LogP contribution < -0.4 is 5.73 Å². The Morgan fingerprint density at radius 2 is 2.62 bits per heavy atom. The van der Waals surface area contributed by atoms with Crippen LogP contribution in [0, 0.1) is 0 Å². The van der Waals surface area contributed by atoms with Gasteiger partial charge in [-0.25, -0.2) is 0 Å². The highest BCUT2D eigenvalue weighted by Gasteiger charge is 2.09. The number of likely N-dealkylation sites (N-methyl/N-ethyl adjacent to an activating group) is 1. The fourth-order valence-corrected chi connectivity index (χ4v) is 0.820. The lowest BCUT2D eigenvalue weighted by atomic mass is 10.5. The quantitative estimate of drug-likeness (QED) is 0.504. The molecule has 3 heteroatoms. The predicted octanol–water partition coefficient (Wildman–Crippen LogP) is -0.363. The molecule has 0 radical (unpaired) electrons. The van der Waals surface area contributed by atoms with E-state index in [4.69, 9.17) is 5.73 Å². The molecule has 46 valence electrons. The van der Waals surface area contributed by atoms with Gasteiger partial charge in [0.15, 0.2) is 5.96 Å². The lowest BCUT2D eigenvalue weighted by molar-refractivity contribution is 0.479. The third kappa shape index (κ3) is 0.757. The molecule has 0 atom stereocenters. The van der Waals surface area contributed by atoms with Crippen LogP contribution in [0.3, 0.4) is 0 Å². The van der Waals surface area contributed by atoms with Crippen LogP contribution in [0.5, 0.6) is 0 Å². The van der Waals surface area contributed by atoms with Crippen molar-refractivity contribution in [1.82, 2.24) is 4.90 Å². The number of nitrogens with zero attached hydrogens (tertiary/aromatic N) is 2. The van der Waals surface area contributed by atoms with Crippen molar-refractivity contribution >= 4 is 5.96 Å². The summed E-state index contributed by atoms with van der Waals surface area (Å²) in [5.41, 5.74) is 5.47. The zero-order chi connectivity index (χ0) is 5.98. The molecule has 0 bridgehead atoms. The number of guanidine groups is 1. The minimum atomic E-state index is 0.701. The highest BCUT2D eigenvalue weighted by atomic mass is 15.3. The maximum absolute atomic E-state index is 5.47. The van der Waals surface area contributed by atoms with E-state index < -0.39 is 0 Å². The number of rotatable bonds is 1. The summed E-state index contributed by atoms with van der Waals surface area (Å²) in [7, 11) is 0. The van der Waals surface area contributed by atoms with Gasteiger partial charge in [-0.3, -0.25) is 4.99 Å². The average molecular weight is 113 g/mol. The van der Waals surface area contributed by atoms with Crippen molar-refractivity contribution in [3.63, 3.8) is 0 Å². The first-order chi connectivity index (χ1) is 3.84. The maximum atomic E-state index is 5.47. The molecule has 0 saturated carbocycles. The molecule has 0 spiro atoms. The summed E-state index contributed by atoms with van der Waals surface area (Å²) in [6.45, 7) is 4.94. The number of hydrogen-bond acceptors (Lipinski definition) is 3. The lowest BCUT2D eigenvalue weighted by Crippen LogP contribution is -2.33. The Hall–Kier alpha value is -0.730. The monoisotopic (exact) mass is 113 g/mol. The van der Waals surface area contributed by atoms with E-state index in [1.807, 2.05) is 0 Å². The molecule has 0 fully saturated rings. The van der Waals surface area contributed by atoms with E-state index in [-0.39, 0.29) is 0 Å². The van der Waals surface area contributed by atoms with Gasteiger partial charge >= 0.3 is 0 Å². The zero-order valence-electron chi connectivity index (χ0n) is 5.09. The number of nitrogens with two attached hydrogens (primary N) is 1. The molecule has 1 heterocycles. The number of hydrogen-bond donors (Lipinski definition) is 1. The van der Waals surface area contributed by atoms with Crippen LogP contribution in [0.25, 0.3) is 0 Å². The smallest absolute Gasteiger partial charge is 0.191 e. The molecule has 0 saturated heterocycles. The molecule has 0 unspecified atom stereocenters. The largest absolute Gasteiger partial charge is 0.370 e. The minimum absolute atomic E-state index is 0.701. The van der Waals surface area contributed by atoms with Crippen molar-refractivity contribution in [1.29, 1.82) is 0 Å². The van der Waals surface area contributed by atoms with Crippen molar-refractivity contribution in [2.75, 3.05) is 19.6 Å². The Labute approximate surface area is 49.2 Å². The Morgan fingerprint density at radius 3 is 2.88 bits per heavy atom. The zero-order valence-corrected chi connectivity index (χ0v) is 5.09. The van der Waals surface area contributed by atoms with Gasteiger partial charge in [-0.2, -0.15) is 0 Å². The molecular weight excluding hydrogens is 102 g/mol. The first kappa shape index (κ1) is 5.41. The van der Waals surface area contributed by atoms with E-state index in [1.165, 1.54) is 0 Å². The van der Waals surface area contributed by atoms with Gasteiger partial charge in [-0.1, -0.05) is 0 Å². The molecule has 0 amide bonds. The Balaban J connectivity index is 2.46. The van der Waals surface area contributed by atoms with E-state index in [2.05, 4.69) is 16.8 Å². The molecule has 0 aromatic heterocycles. The number of aliphatic imine (C=N–C) groups is 1. The van der Waals surface area contributed by atoms with Crippen LogP contribution in [-0.2, 0) is 0 Å². The molecular formula is C5H11N3. The van der Waals surface area contributed by atoms with Gasteiger partial charge in [0.2, 0.25) is 0 Å².